The van der Waals surface area contributed by atoms with E-state index in [-0.39, 0.29) is 5.57 Å². The number of thioether (sulfide) groups is 1. The molecule has 1 N–H and O–H groups in total. The lowest BCUT2D eigenvalue weighted by Gasteiger charge is -2.22. The zero-order valence-corrected chi connectivity index (χ0v) is 32.0. The summed E-state index contributed by atoms with van der Waals surface area (Å²) in [6, 6.07) is 17.1. The summed E-state index contributed by atoms with van der Waals surface area (Å²) in [5.41, 5.74) is 1.11. The quantitative estimate of drug-likeness (QED) is 0.0832. The van der Waals surface area contributed by atoms with Gasteiger partial charge in [-0.25, -0.2) is 0 Å². The van der Waals surface area contributed by atoms with Crippen LogP contribution in [0.3, 0.4) is 0 Å². The number of allylic oxidation sites excluding steroid dienone is 2. The van der Waals surface area contributed by atoms with Crippen LogP contribution in [0.4, 0.5) is 0 Å². The molecule has 3 nitrogen and oxygen atoms in total. The predicted octanol–water partition coefficient (Wildman–Crippen LogP) is 13.9. The topological polar surface area (TPSA) is 67.8 Å². The second-order valence-corrected chi connectivity index (χ2v) is 20.1. The minimum Gasteiger partial charge on any atom is -0.352 e. The summed E-state index contributed by atoms with van der Waals surface area (Å²) in [6.45, 7) is 10.9. The van der Waals surface area contributed by atoms with Crippen molar-refractivity contribution >= 4 is 71.5 Å². The van der Waals surface area contributed by atoms with Crippen molar-refractivity contribution in [1.82, 2.24) is 0 Å². The van der Waals surface area contributed by atoms with Gasteiger partial charge < -0.3 is 4.55 Å². The van der Waals surface area contributed by atoms with Crippen LogP contribution in [-0.2, 0) is 6.42 Å². The van der Waals surface area contributed by atoms with Gasteiger partial charge in [-0.15, -0.1) is 44.3 Å². The van der Waals surface area contributed by atoms with Crippen LogP contribution in [0.15, 0.2) is 55.1 Å². The maximum absolute atomic E-state index is 9.88. The molecule has 248 valence electrons. The van der Waals surface area contributed by atoms with Crippen LogP contribution in [0.25, 0.3) is 25.1 Å². The fraction of sp³-hybridized carbons (Fsp3) is 0.474. The summed E-state index contributed by atoms with van der Waals surface area (Å²) in [7, 11) is -1.31. The molecule has 46 heavy (non-hydrogen) atoms. The number of thiophene rings is 3. The summed E-state index contributed by atoms with van der Waals surface area (Å²) in [4.78, 5) is 9.17. The molecule has 3 aromatic rings. The van der Waals surface area contributed by atoms with E-state index in [1.54, 1.807) is 34.4 Å². The van der Waals surface area contributed by atoms with Crippen molar-refractivity contribution in [3.63, 3.8) is 0 Å². The highest BCUT2D eigenvalue weighted by atomic mass is 32.3. The Morgan fingerprint density at radius 1 is 0.717 bits per heavy atom. The van der Waals surface area contributed by atoms with Gasteiger partial charge in [-0.2, -0.15) is 10.5 Å². The minimum absolute atomic E-state index is 0.231. The molecule has 0 aliphatic rings. The van der Waals surface area contributed by atoms with Crippen molar-refractivity contribution < 1.29 is 4.55 Å². The molecule has 0 unspecified atom stereocenters. The highest BCUT2D eigenvalue weighted by molar-refractivity contribution is 8.28. The molecular weight excluding hydrogens is 661 g/mol. The standard InChI is InChI=1S/C38H50N2OS5/c1-6-7-15-19-33(31(27-39)28-40)36-23-25-38(45-36)37-24-22-35(44-37)30(3)42-29(2)34-21-20-32(43-34)18-16-13-11-9-8-10-12-14-17-26-46(4,5)41/h20-25,41H,2-3,6-19,26H2,1,4-5H3. The third-order valence-corrected chi connectivity index (χ3v) is 14.0. The normalized spacial score (nSPS) is 11.6. The second kappa shape index (κ2) is 20.4. The maximum atomic E-state index is 9.88. The van der Waals surface area contributed by atoms with E-state index in [0.29, 0.717) is 0 Å². The predicted molar refractivity (Wildman–Crippen MR) is 212 cm³/mol. The molecule has 0 fully saturated rings. The molecular formula is C38H50N2OS5. The average molecular weight is 711 g/mol. The Hall–Kier alpha value is -2.04. The molecule has 3 heterocycles. The molecule has 0 aliphatic heterocycles. The van der Waals surface area contributed by atoms with Crippen LogP contribution in [0.2, 0.25) is 0 Å². The zero-order chi connectivity index (χ0) is 33.4. The summed E-state index contributed by atoms with van der Waals surface area (Å²) in [5.74, 6) is 0.988. The number of hydrogen-bond acceptors (Lipinski definition) is 7. The Morgan fingerprint density at radius 2 is 1.24 bits per heavy atom. The third kappa shape index (κ3) is 13.2. The first-order chi connectivity index (χ1) is 22.1. The van der Waals surface area contributed by atoms with Gasteiger partial charge in [-0.1, -0.05) is 89.6 Å². The molecule has 0 saturated carbocycles. The zero-order valence-electron chi connectivity index (χ0n) is 27.9. The van der Waals surface area contributed by atoms with Crippen molar-refractivity contribution in [3.8, 4) is 21.9 Å². The Kier molecular flexibility index (Phi) is 17.0. The third-order valence-electron chi connectivity index (χ3n) is 7.83. The molecule has 3 rings (SSSR count). The van der Waals surface area contributed by atoms with Crippen molar-refractivity contribution in [2.75, 3.05) is 18.3 Å². The molecule has 0 radical (unpaired) electrons. The number of hydrogen-bond donors (Lipinski definition) is 1. The fourth-order valence-corrected chi connectivity index (χ4v) is 10.2. The van der Waals surface area contributed by atoms with Gasteiger partial charge in [0, 0.05) is 39.1 Å². The van der Waals surface area contributed by atoms with Gasteiger partial charge in [0.25, 0.3) is 0 Å². The van der Waals surface area contributed by atoms with Crippen LogP contribution in [0, 0.1) is 22.7 Å². The smallest absolute Gasteiger partial charge is 0.134 e. The van der Waals surface area contributed by atoms with E-state index in [1.165, 1.54) is 72.4 Å². The van der Waals surface area contributed by atoms with Gasteiger partial charge >= 0.3 is 0 Å². The first-order valence-corrected chi connectivity index (χ1v) is 22.3. The van der Waals surface area contributed by atoms with E-state index in [2.05, 4.69) is 68.6 Å². The lowest BCUT2D eigenvalue weighted by atomic mass is 10.0. The van der Waals surface area contributed by atoms with Gasteiger partial charge in [0.1, 0.15) is 17.7 Å². The summed E-state index contributed by atoms with van der Waals surface area (Å²) >= 11 is 6.89. The number of rotatable bonds is 22. The molecule has 3 aromatic heterocycles. The summed E-state index contributed by atoms with van der Waals surface area (Å²) in [5, 5.41) is 19.1. The van der Waals surface area contributed by atoms with Gasteiger partial charge in [-0.3, -0.25) is 0 Å². The second-order valence-electron chi connectivity index (χ2n) is 12.2. The van der Waals surface area contributed by atoms with E-state index >= 15 is 0 Å². The lowest BCUT2D eigenvalue weighted by molar-refractivity contribution is 0.563. The Morgan fingerprint density at radius 3 is 1.83 bits per heavy atom. The highest BCUT2D eigenvalue weighted by Crippen LogP contribution is 2.44. The van der Waals surface area contributed by atoms with Crippen LogP contribution >= 0.6 is 56.1 Å². The van der Waals surface area contributed by atoms with Gasteiger partial charge in [-0.05, 0) is 92.3 Å². The Balaban J connectivity index is 1.42. The first kappa shape index (κ1) is 38.4. The molecule has 0 amide bonds. The maximum Gasteiger partial charge on any atom is 0.134 e. The molecule has 0 aromatic carbocycles. The van der Waals surface area contributed by atoms with Crippen LogP contribution in [0.1, 0.15) is 110 Å². The van der Waals surface area contributed by atoms with E-state index in [1.807, 2.05) is 23.8 Å². The van der Waals surface area contributed by atoms with Gasteiger partial charge in [0.2, 0.25) is 0 Å². The van der Waals surface area contributed by atoms with Crippen molar-refractivity contribution in [2.45, 2.75) is 96.8 Å². The van der Waals surface area contributed by atoms with Crippen molar-refractivity contribution in [3.05, 3.63) is 74.6 Å². The van der Waals surface area contributed by atoms with Crippen molar-refractivity contribution in [2.24, 2.45) is 0 Å². The van der Waals surface area contributed by atoms with Crippen LogP contribution in [0.5, 0.6) is 0 Å². The van der Waals surface area contributed by atoms with E-state index in [9.17, 15) is 15.1 Å². The molecule has 0 spiro atoms. The number of nitrogens with zero attached hydrogens (tertiary/aromatic N) is 2. The average Bonchev–Trinajstić information content (AvgIpc) is 3.80. The van der Waals surface area contributed by atoms with Gasteiger partial charge in [0.15, 0.2) is 0 Å². The Bertz CT molecular complexity index is 1500. The fourth-order valence-electron chi connectivity index (χ4n) is 5.24. The molecule has 0 saturated heterocycles. The van der Waals surface area contributed by atoms with Crippen molar-refractivity contribution in [1.29, 1.82) is 10.5 Å². The molecule has 0 atom stereocenters. The summed E-state index contributed by atoms with van der Waals surface area (Å²) in [6.07, 6.45) is 20.6. The minimum atomic E-state index is -1.31. The SMILES string of the molecule is C=C(SC(=C)c1ccc(-c2ccc(C(CCCCC)=C(C#N)C#N)s2)s1)c1ccc(CCCCCCCCCCCS(C)(C)O)s1. The number of nitriles is 2. The molecule has 0 aliphatic carbocycles. The summed E-state index contributed by atoms with van der Waals surface area (Å²) < 4.78 is 9.88. The lowest BCUT2D eigenvalue weighted by Crippen LogP contribution is -1.98. The molecule has 0 bridgehead atoms. The Labute approximate surface area is 296 Å². The first-order valence-electron chi connectivity index (χ1n) is 16.5. The molecule has 8 heteroatoms. The van der Waals surface area contributed by atoms with Gasteiger partial charge in [0.05, 0.1) is 0 Å². The van der Waals surface area contributed by atoms with E-state index in [0.717, 1.165) is 67.9 Å². The number of unbranched alkanes of at least 4 members (excludes halogenated alkanes) is 10. The van der Waals surface area contributed by atoms with Crippen LogP contribution in [-0.4, -0.2) is 22.8 Å². The van der Waals surface area contributed by atoms with E-state index < -0.39 is 10.3 Å². The monoisotopic (exact) mass is 710 g/mol. The number of aryl methyl sites for hydroxylation is 1. The largest absolute Gasteiger partial charge is 0.352 e. The van der Waals surface area contributed by atoms with Crippen LogP contribution < -0.4 is 0 Å². The highest BCUT2D eigenvalue weighted by Gasteiger charge is 2.15. The van der Waals surface area contributed by atoms with E-state index in [4.69, 9.17) is 0 Å².